The molecule has 0 spiro atoms. The van der Waals surface area contributed by atoms with E-state index in [9.17, 15) is 4.79 Å². The summed E-state index contributed by atoms with van der Waals surface area (Å²) < 4.78 is 0. The van der Waals surface area contributed by atoms with Crippen molar-refractivity contribution in [3.05, 3.63) is 0 Å². The minimum atomic E-state index is -0.824. The second-order valence-corrected chi connectivity index (χ2v) is 2.01. The summed E-state index contributed by atoms with van der Waals surface area (Å²) in [6.07, 6.45) is 1.56. The first-order chi connectivity index (χ1) is 4.66. The fourth-order valence-corrected chi connectivity index (χ4v) is 0.493. The van der Waals surface area contributed by atoms with E-state index in [0.717, 1.165) is 0 Å². The topological polar surface area (TPSA) is 58.9 Å². The van der Waals surface area contributed by atoms with E-state index in [1.807, 2.05) is 0 Å². The minimum Gasteiger partial charge on any atom is -0.481 e. The van der Waals surface area contributed by atoms with Gasteiger partial charge in [0.2, 0.25) is 0 Å². The van der Waals surface area contributed by atoms with E-state index in [2.05, 4.69) is 9.99 Å². The zero-order chi connectivity index (χ0) is 7.98. The smallest absolute Gasteiger partial charge is 0.303 e. The maximum absolute atomic E-state index is 10.1. The van der Waals surface area contributed by atoms with E-state index in [0.29, 0.717) is 0 Å². The van der Waals surface area contributed by atoms with Gasteiger partial charge in [-0.2, -0.15) is 0 Å². The molecule has 0 fully saturated rings. The average Bonchev–Trinajstić information content (AvgIpc) is 1.82. The van der Waals surface area contributed by atoms with E-state index < -0.39 is 5.97 Å². The normalized spacial score (nSPS) is 13.4. The highest BCUT2D eigenvalue weighted by atomic mass is 16.6. The lowest BCUT2D eigenvalue weighted by molar-refractivity contribution is -0.137. The molecular formula is C6H11NO3. The van der Waals surface area contributed by atoms with Crippen LogP contribution >= 0.6 is 0 Å². The number of rotatable bonds is 4. The maximum atomic E-state index is 10.1. The molecule has 10 heavy (non-hydrogen) atoms. The quantitative estimate of drug-likeness (QED) is 0.468. The molecule has 0 saturated heterocycles. The molecule has 1 atom stereocenters. The Morgan fingerprint density at radius 3 is 2.90 bits per heavy atom. The molecule has 0 radical (unpaired) electrons. The third kappa shape index (κ3) is 5.08. The minimum absolute atomic E-state index is 0.0718. The number of hydrogen-bond acceptors (Lipinski definition) is 3. The van der Waals surface area contributed by atoms with Crippen molar-refractivity contribution < 1.29 is 14.7 Å². The van der Waals surface area contributed by atoms with Crippen molar-refractivity contribution in [2.45, 2.75) is 13.3 Å². The second-order valence-electron chi connectivity index (χ2n) is 2.01. The Labute approximate surface area is 59.5 Å². The van der Waals surface area contributed by atoms with Crippen LogP contribution in [0.15, 0.2) is 5.16 Å². The highest BCUT2D eigenvalue weighted by Gasteiger charge is 2.03. The molecule has 0 unspecified atom stereocenters. The first kappa shape index (κ1) is 8.94. The van der Waals surface area contributed by atoms with Gasteiger partial charge in [0, 0.05) is 12.1 Å². The molecule has 4 nitrogen and oxygen atoms in total. The van der Waals surface area contributed by atoms with Gasteiger partial charge < -0.3 is 9.94 Å². The van der Waals surface area contributed by atoms with Gasteiger partial charge in [-0.1, -0.05) is 12.1 Å². The van der Waals surface area contributed by atoms with Crippen LogP contribution in [0.25, 0.3) is 0 Å². The van der Waals surface area contributed by atoms with Crippen LogP contribution in [0, 0.1) is 5.92 Å². The lowest BCUT2D eigenvalue weighted by atomic mass is 10.1. The van der Waals surface area contributed by atoms with Crippen molar-refractivity contribution in [2.24, 2.45) is 11.1 Å². The maximum Gasteiger partial charge on any atom is 0.303 e. The van der Waals surface area contributed by atoms with Crippen molar-refractivity contribution in [1.82, 2.24) is 0 Å². The van der Waals surface area contributed by atoms with Crippen molar-refractivity contribution >= 4 is 12.2 Å². The number of oxime groups is 1. The first-order valence-electron chi connectivity index (χ1n) is 2.95. The molecule has 0 aromatic carbocycles. The molecule has 0 bridgehead atoms. The second kappa shape index (κ2) is 4.78. The van der Waals surface area contributed by atoms with Crippen LogP contribution in [0.5, 0.6) is 0 Å². The molecule has 58 valence electrons. The number of hydrogen-bond donors (Lipinski definition) is 1. The third-order valence-electron chi connectivity index (χ3n) is 0.917. The number of carboxylic acid groups (broad SMARTS) is 1. The molecule has 4 heteroatoms. The largest absolute Gasteiger partial charge is 0.481 e. The van der Waals surface area contributed by atoms with Gasteiger partial charge in [-0.05, 0) is 0 Å². The number of carbonyl (C=O) groups is 1. The summed E-state index contributed by atoms with van der Waals surface area (Å²) in [5.41, 5.74) is 0. The van der Waals surface area contributed by atoms with Crippen LogP contribution in [0.1, 0.15) is 13.3 Å². The Hall–Kier alpha value is -1.06. The molecular weight excluding hydrogens is 134 g/mol. The zero-order valence-electron chi connectivity index (χ0n) is 6.07. The lowest BCUT2D eigenvalue weighted by Crippen LogP contribution is -2.04. The zero-order valence-corrected chi connectivity index (χ0v) is 6.07. The Bertz CT molecular complexity index is 133. The van der Waals surface area contributed by atoms with E-state index in [1.165, 1.54) is 13.3 Å². The predicted octanol–water partition coefficient (Wildman–Crippen LogP) is 0.729. The van der Waals surface area contributed by atoms with Gasteiger partial charge in [-0.25, -0.2) is 0 Å². The summed E-state index contributed by atoms with van der Waals surface area (Å²) >= 11 is 0. The summed E-state index contributed by atoms with van der Waals surface area (Å²) in [7, 11) is 1.42. The van der Waals surface area contributed by atoms with Crippen LogP contribution in [0.4, 0.5) is 0 Å². The molecule has 0 saturated carbocycles. The molecule has 0 aromatic rings. The van der Waals surface area contributed by atoms with Crippen LogP contribution in [0.3, 0.4) is 0 Å². The van der Waals surface area contributed by atoms with Crippen LogP contribution < -0.4 is 0 Å². The third-order valence-corrected chi connectivity index (χ3v) is 0.917. The van der Waals surface area contributed by atoms with Gasteiger partial charge in [-0.15, -0.1) is 0 Å². The summed E-state index contributed by atoms with van der Waals surface area (Å²) in [6, 6.07) is 0. The highest BCUT2D eigenvalue weighted by molar-refractivity contribution is 5.72. The molecule has 0 heterocycles. The standard InChI is InChI=1S/C6H11NO3/c1-5(3-6(8)9)4-7-10-2/h4-5H,3H2,1-2H3,(H,8,9)/b7-4+/t5-/m0/s1. The Kier molecular flexibility index (Phi) is 4.28. The molecule has 0 aliphatic carbocycles. The number of carboxylic acids is 1. The molecule has 0 aromatic heterocycles. The monoisotopic (exact) mass is 145 g/mol. The van der Waals surface area contributed by atoms with E-state index in [4.69, 9.17) is 5.11 Å². The summed E-state index contributed by atoms with van der Waals surface area (Å²) in [6.45, 7) is 1.76. The Morgan fingerprint density at radius 1 is 1.90 bits per heavy atom. The summed E-state index contributed by atoms with van der Waals surface area (Å²) in [4.78, 5) is 14.4. The molecule has 0 amide bonds. The van der Waals surface area contributed by atoms with E-state index in [1.54, 1.807) is 6.92 Å². The summed E-state index contributed by atoms with van der Waals surface area (Å²) in [5.74, 6) is -0.896. The SMILES string of the molecule is CO/N=C/[C@@H](C)CC(=O)O. The van der Waals surface area contributed by atoms with Crippen LogP contribution in [-0.2, 0) is 9.63 Å². The number of aliphatic carboxylic acids is 1. The Morgan fingerprint density at radius 2 is 2.50 bits per heavy atom. The highest BCUT2D eigenvalue weighted by Crippen LogP contribution is 1.96. The fourth-order valence-electron chi connectivity index (χ4n) is 0.493. The predicted molar refractivity (Wildman–Crippen MR) is 36.9 cm³/mol. The van der Waals surface area contributed by atoms with E-state index in [-0.39, 0.29) is 12.3 Å². The van der Waals surface area contributed by atoms with E-state index >= 15 is 0 Å². The average molecular weight is 145 g/mol. The number of nitrogens with zero attached hydrogens (tertiary/aromatic N) is 1. The molecule has 0 aliphatic heterocycles. The summed E-state index contributed by atoms with van der Waals surface area (Å²) in [5, 5.41) is 11.7. The molecule has 0 aliphatic rings. The van der Waals surface area contributed by atoms with Crippen LogP contribution in [0.2, 0.25) is 0 Å². The van der Waals surface area contributed by atoms with Crippen molar-refractivity contribution in [3.63, 3.8) is 0 Å². The van der Waals surface area contributed by atoms with Crippen molar-refractivity contribution in [2.75, 3.05) is 7.11 Å². The van der Waals surface area contributed by atoms with Gasteiger partial charge in [0.1, 0.15) is 7.11 Å². The lowest BCUT2D eigenvalue weighted by Gasteiger charge is -1.97. The van der Waals surface area contributed by atoms with Gasteiger partial charge in [-0.3, -0.25) is 4.79 Å². The van der Waals surface area contributed by atoms with Gasteiger partial charge in [0.05, 0.1) is 6.42 Å². The van der Waals surface area contributed by atoms with Gasteiger partial charge >= 0.3 is 5.97 Å². The van der Waals surface area contributed by atoms with Crippen molar-refractivity contribution in [1.29, 1.82) is 0 Å². The van der Waals surface area contributed by atoms with Gasteiger partial charge in [0.15, 0.2) is 0 Å². The van der Waals surface area contributed by atoms with Gasteiger partial charge in [0.25, 0.3) is 0 Å². The Balaban J connectivity index is 3.52. The fraction of sp³-hybridized carbons (Fsp3) is 0.667. The van der Waals surface area contributed by atoms with Crippen LogP contribution in [-0.4, -0.2) is 24.4 Å². The molecule has 1 N–H and O–H groups in total. The first-order valence-corrected chi connectivity index (χ1v) is 2.95. The molecule has 0 rings (SSSR count). The van der Waals surface area contributed by atoms with Crippen molar-refractivity contribution in [3.8, 4) is 0 Å².